The van der Waals surface area contributed by atoms with Crippen LogP contribution >= 0.6 is 22.6 Å². The van der Waals surface area contributed by atoms with Gasteiger partial charge in [0.15, 0.2) is 0 Å². The van der Waals surface area contributed by atoms with Crippen molar-refractivity contribution in [3.63, 3.8) is 0 Å². The van der Waals surface area contributed by atoms with Crippen molar-refractivity contribution in [3.8, 4) is 0 Å². The second-order valence-electron chi connectivity index (χ2n) is 8.83. The summed E-state index contributed by atoms with van der Waals surface area (Å²) in [5.74, 6) is 0.676. The molecule has 2 fully saturated rings. The van der Waals surface area contributed by atoms with Crippen LogP contribution < -0.4 is 5.32 Å². The third kappa shape index (κ3) is 5.37. The molecule has 28 heavy (non-hydrogen) atoms. The summed E-state index contributed by atoms with van der Waals surface area (Å²) in [7, 11) is 0. The smallest absolute Gasteiger partial charge is 0.112 e. The first-order chi connectivity index (χ1) is 13.8. The Labute approximate surface area is 183 Å². The summed E-state index contributed by atoms with van der Waals surface area (Å²) in [5.41, 5.74) is 4.80. The van der Waals surface area contributed by atoms with Crippen molar-refractivity contribution >= 4 is 39.3 Å². The lowest BCUT2D eigenvalue weighted by molar-refractivity contribution is 0.462. The first-order valence-corrected chi connectivity index (χ1v) is 12.7. The Morgan fingerprint density at radius 2 is 1.39 bits per heavy atom. The van der Waals surface area contributed by atoms with E-state index in [0.717, 1.165) is 15.0 Å². The van der Waals surface area contributed by atoms with Gasteiger partial charge in [0.1, 0.15) is 5.52 Å². The summed E-state index contributed by atoms with van der Waals surface area (Å²) in [6.45, 7) is 0. The lowest BCUT2D eigenvalue weighted by Gasteiger charge is -2.28. The lowest BCUT2D eigenvalue weighted by Crippen LogP contribution is -2.26. The van der Waals surface area contributed by atoms with Gasteiger partial charge in [-0.3, -0.25) is 9.97 Å². The fraction of sp³-hybridized carbons (Fsp3) is 0.667. The molecule has 2 aromatic rings. The number of anilines is 1. The number of aromatic nitrogens is 2. The molecule has 0 radical (unpaired) electrons. The highest BCUT2D eigenvalue weighted by Gasteiger charge is 2.21. The molecule has 0 bridgehead atoms. The van der Waals surface area contributed by atoms with E-state index in [1.54, 1.807) is 0 Å². The van der Waals surface area contributed by atoms with Crippen LogP contribution in [0.5, 0.6) is 0 Å². The molecule has 2 aliphatic carbocycles. The molecule has 1 aromatic heterocycles. The summed E-state index contributed by atoms with van der Waals surface area (Å²) in [6, 6.07) is 5.32. The maximum Gasteiger partial charge on any atom is 0.112 e. The standard InChI is InChI=1S/C24H34IN3/c25-20-10-12-21(13-11-20)28-23-17-19(16-22-24(23)27-15-14-26-22)18-8-6-4-2-1-3-5-7-9-18/h14-18,20-21,28H,1-13H2/t20-,21+. The zero-order chi connectivity index (χ0) is 19.2. The molecule has 1 heterocycles. The topological polar surface area (TPSA) is 37.8 Å². The van der Waals surface area contributed by atoms with Crippen molar-refractivity contribution in [2.24, 2.45) is 0 Å². The van der Waals surface area contributed by atoms with E-state index < -0.39 is 0 Å². The maximum absolute atomic E-state index is 4.68. The van der Waals surface area contributed by atoms with Crippen LogP contribution in [0.1, 0.15) is 95.0 Å². The van der Waals surface area contributed by atoms with Gasteiger partial charge in [-0.25, -0.2) is 0 Å². The minimum absolute atomic E-state index is 0.579. The van der Waals surface area contributed by atoms with E-state index in [1.165, 1.54) is 94.7 Å². The van der Waals surface area contributed by atoms with Crippen LogP contribution in [0.2, 0.25) is 0 Å². The van der Waals surface area contributed by atoms with E-state index >= 15 is 0 Å². The molecule has 4 rings (SSSR count). The number of hydrogen-bond donors (Lipinski definition) is 1. The van der Waals surface area contributed by atoms with Gasteiger partial charge in [-0.05, 0) is 62.1 Å². The summed E-state index contributed by atoms with van der Waals surface area (Å²) in [4.78, 5) is 9.36. The molecule has 2 aliphatic rings. The zero-order valence-electron chi connectivity index (χ0n) is 17.0. The Kier molecular flexibility index (Phi) is 7.43. The third-order valence-corrected chi connectivity index (χ3v) is 7.93. The SMILES string of the molecule is I[C@H]1CC[C@@H](Nc2cc(C3CCCCCCCCC3)cc3nccnc23)CC1. The molecule has 152 valence electrons. The molecule has 3 nitrogen and oxygen atoms in total. The molecule has 0 amide bonds. The minimum atomic E-state index is 0.579. The van der Waals surface area contributed by atoms with Crippen molar-refractivity contribution in [1.29, 1.82) is 0 Å². The lowest BCUT2D eigenvalue weighted by atomic mass is 9.86. The number of halogens is 1. The van der Waals surface area contributed by atoms with Crippen molar-refractivity contribution in [3.05, 3.63) is 30.1 Å². The number of alkyl halides is 1. The van der Waals surface area contributed by atoms with Gasteiger partial charge in [-0.1, -0.05) is 67.5 Å². The molecule has 0 saturated heterocycles. The highest BCUT2D eigenvalue weighted by atomic mass is 127. The molecule has 0 unspecified atom stereocenters. The number of fused-ring (bicyclic) bond motifs is 1. The van der Waals surface area contributed by atoms with Gasteiger partial charge in [-0.15, -0.1) is 0 Å². The van der Waals surface area contributed by atoms with Gasteiger partial charge in [0, 0.05) is 22.4 Å². The van der Waals surface area contributed by atoms with E-state index in [-0.39, 0.29) is 0 Å². The summed E-state index contributed by atoms with van der Waals surface area (Å²) < 4.78 is 0.849. The van der Waals surface area contributed by atoms with Crippen molar-refractivity contribution in [1.82, 2.24) is 9.97 Å². The van der Waals surface area contributed by atoms with E-state index in [4.69, 9.17) is 0 Å². The molecule has 2 saturated carbocycles. The number of benzene rings is 1. The van der Waals surface area contributed by atoms with Crippen LogP contribution in [0, 0.1) is 0 Å². The van der Waals surface area contributed by atoms with E-state index in [0.29, 0.717) is 12.0 Å². The molecule has 0 atom stereocenters. The predicted molar refractivity (Wildman–Crippen MR) is 128 cm³/mol. The highest BCUT2D eigenvalue weighted by molar-refractivity contribution is 14.1. The number of nitrogens with zero attached hydrogens (tertiary/aromatic N) is 2. The second-order valence-corrected chi connectivity index (χ2v) is 10.6. The molecule has 1 N–H and O–H groups in total. The molecular formula is C24H34IN3. The van der Waals surface area contributed by atoms with Crippen LogP contribution in [-0.2, 0) is 0 Å². The van der Waals surface area contributed by atoms with Crippen molar-refractivity contribution in [2.45, 2.75) is 99.4 Å². The number of rotatable bonds is 3. The Balaban J connectivity index is 1.59. The Morgan fingerprint density at radius 3 is 2.11 bits per heavy atom. The van der Waals surface area contributed by atoms with Crippen LogP contribution in [0.25, 0.3) is 11.0 Å². The predicted octanol–water partition coefficient (Wildman–Crippen LogP) is 7.40. The van der Waals surface area contributed by atoms with Crippen molar-refractivity contribution in [2.75, 3.05) is 5.32 Å². The fourth-order valence-electron chi connectivity index (χ4n) is 5.00. The quantitative estimate of drug-likeness (QED) is 0.359. The van der Waals surface area contributed by atoms with Gasteiger partial charge in [0.05, 0.1) is 11.2 Å². The Morgan fingerprint density at radius 1 is 0.750 bits per heavy atom. The summed E-state index contributed by atoms with van der Waals surface area (Å²) in [6.07, 6.45) is 21.3. The Bertz CT molecular complexity index is 745. The average molecular weight is 491 g/mol. The maximum atomic E-state index is 4.68. The van der Waals surface area contributed by atoms with Gasteiger partial charge >= 0.3 is 0 Å². The van der Waals surface area contributed by atoms with Gasteiger partial charge in [0.25, 0.3) is 0 Å². The first kappa shape index (κ1) is 20.4. The van der Waals surface area contributed by atoms with Crippen LogP contribution in [0.15, 0.2) is 24.5 Å². The number of nitrogens with one attached hydrogen (secondary N) is 1. The van der Waals surface area contributed by atoms with E-state index in [9.17, 15) is 0 Å². The first-order valence-electron chi connectivity index (χ1n) is 11.4. The third-order valence-electron chi connectivity index (χ3n) is 6.69. The average Bonchev–Trinajstić information content (AvgIpc) is 2.73. The fourth-order valence-corrected chi connectivity index (χ4v) is 5.72. The van der Waals surface area contributed by atoms with Gasteiger partial charge in [0.2, 0.25) is 0 Å². The van der Waals surface area contributed by atoms with Crippen LogP contribution in [0.3, 0.4) is 0 Å². The monoisotopic (exact) mass is 491 g/mol. The van der Waals surface area contributed by atoms with Gasteiger partial charge in [-0.2, -0.15) is 0 Å². The zero-order valence-corrected chi connectivity index (χ0v) is 19.2. The largest absolute Gasteiger partial charge is 0.380 e. The molecular weight excluding hydrogens is 457 g/mol. The van der Waals surface area contributed by atoms with Crippen molar-refractivity contribution < 1.29 is 0 Å². The van der Waals surface area contributed by atoms with Gasteiger partial charge < -0.3 is 5.32 Å². The van der Waals surface area contributed by atoms with E-state index in [1.807, 2.05) is 12.4 Å². The summed E-state index contributed by atoms with van der Waals surface area (Å²) >= 11 is 2.61. The van der Waals surface area contributed by atoms with Crippen LogP contribution in [0.4, 0.5) is 5.69 Å². The molecule has 1 aromatic carbocycles. The molecule has 0 aliphatic heterocycles. The number of hydrogen-bond acceptors (Lipinski definition) is 3. The molecule has 0 spiro atoms. The summed E-state index contributed by atoms with van der Waals surface area (Å²) in [5, 5.41) is 3.87. The van der Waals surface area contributed by atoms with Crippen LogP contribution in [-0.4, -0.2) is 19.9 Å². The molecule has 4 heteroatoms. The normalized spacial score (nSPS) is 25.5. The second kappa shape index (κ2) is 10.2. The van der Waals surface area contributed by atoms with E-state index in [2.05, 4.69) is 50.0 Å². The minimum Gasteiger partial charge on any atom is -0.380 e. The Hall–Kier alpha value is -0.910. The highest BCUT2D eigenvalue weighted by Crippen LogP contribution is 2.35.